The zero-order chi connectivity index (χ0) is 27.7. The van der Waals surface area contributed by atoms with Crippen LogP contribution in [0.25, 0.3) is 0 Å². The molecule has 1 aromatic carbocycles. The molecule has 5 rings (SSSR count). The molecule has 0 radical (unpaired) electrons. The number of morpholine rings is 1. The first-order valence-electron chi connectivity index (χ1n) is 13.7. The van der Waals surface area contributed by atoms with Crippen LogP contribution in [0.2, 0.25) is 0 Å². The number of aliphatic hydroxyl groups excluding tert-OH is 1. The van der Waals surface area contributed by atoms with Gasteiger partial charge >= 0.3 is 0 Å². The van der Waals surface area contributed by atoms with Gasteiger partial charge in [0.1, 0.15) is 17.4 Å². The number of fused-ring (bicyclic) bond motifs is 1. The van der Waals surface area contributed by atoms with Crippen LogP contribution in [-0.2, 0) is 23.9 Å². The number of hydrogen-bond acceptors (Lipinski definition) is 8. The summed E-state index contributed by atoms with van der Waals surface area (Å²) in [4.78, 5) is 44.7. The molecular weight excluding hydrogens is 572 g/mol. The minimum absolute atomic E-state index is 0.203. The predicted molar refractivity (Wildman–Crippen MR) is 146 cm³/mol. The molecule has 4 fully saturated rings. The topological polar surface area (TPSA) is 130 Å². The molecule has 4 saturated heterocycles. The van der Waals surface area contributed by atoms with E-state index in [0.29, 0.717) is 50.8 Å². The number of hydrogen-bond donors (Lipinski definition) is 3. The first kappa shape index (κ1) is 28.3. The van der Waals surface area contributed by atoms with Gasteiger partial charge in [-0.3, -0.25) is 19.3 Å². The number of rotatable bonds is 10. The van der Waals surface area contributed by atoms with E-state index in [1.54, 1.807) is 31.2 Å². The normalized spacial score (nSPS) is 32.7. The molecule has 3 unspecified atom stereocenters. The molecule has 3 N–H and O–H groups in total. The number of ether oxygens (including phenoxy) is 3. The SMILES string of the molecule is CCOc1ccc(NC(=O)[C@H]2[C@@H]3OC4(CC3Br)C(C(=O)NCCN3CCOCC3)N([C@H](C)CO)C(=O)[C@H]24)cc1. The van der Waals surface area contributed by atoms with Crippen molar-refractivity contribution in [2.24, 2.45) is 11.8 Å². The molecule has 4 aliphatic heterocycles. The number of halogens is 1. The summed E-state index contributed by atoms with van der Waals surface area (Å²) in [5.74, 6) is -1.92. The number of aliphatic hydroxyl groups is 1. The van der Waals surface area contributed by atoms with Gasteiger partial charge in [-0.15, -0.1) is 0 Å². The van der Waals surface area contributed by atoms with Gasteiger partial charge in [0, 0.05) is 36.7 Å². The van der Waals surface area contributed by atoms with Crippen LogP contribution >= 0.6 is 15.9 Å². The number of nitrogens with zero attached hydrogens (tertiary/aromatic N) is 2. The average Bonchev–Trinajstić information content (AvgIpc) is 3.53. The van der Waals surface area contributed by atoms with Gasteiger partial charge in [0.15, 0.2) is 0 Å². The number of alkyl halides is 1. The molecule has 0 aromatic heterocycles. The molecule has 4 heterocycles. The van der Waals surface area contributed by atoms with Gasteiger partial charge in [0.25, 0.3) is 0 Å². The first-order chi connectivity index (χ1) is 18.8. The van der Waals surface area contributed by atoms with Crippen LogP contribution in [0.4, 0.5) is 5.69 Å². The van der Waals surface area contributed by atoms with Crippen molar-refractivity contribution in [1.29, 1.82) is 0 Å². The number of carbonyl (C=O) groups excluding carboxylic acids is 3. The van der Waals surface area contributed by atoms with Crippen molar-refractivity contribution in [1.82, 2.24) is 15.1 Å². The Kier molecular flexibility index (Phi) is 8.48. The third kappa shape index (κ3) is 5.17. The maximum Gasteiger partial charge on any atom is 0.245 e. The van der Waals surface area contributed by atoms with E-state index in [1.807, 2.05) is 6.92 Å². The summed E-state index contributed by atoms with van der Waals surface area (Å²) in [6.45, 7) is 7.85. The quantitative estimate of drug-likeness (QED) is 0.329. The summed E-state index contributed by atoms with van der Waals surface area (Å²) in [6.07, 6.45) is -0.145. The Morgan fingerprint density at radius 2 is 1.95 bits per heavy atom. The van der Waals surface area contributed by atoms with E-state index in [-0.39, 0.29) is 29.2 Å². The Labute approximate surface area is 236 Å². The largest absolute Gasteiger partial charge is 0.494 e. The van der Waals surface area contributed by atoms with Crippen molar-refractivity contribution in [3.8, 4) is 5.75 Å². The van der Waals surface area contributed by atoms with E-state index < -0.39 is 35.6 Å². The van der Waals surface area contributed by atoms with E-state index >= 15 is 0 Å². The second kappa shape index (κ2) is 11.7. The number of benzene rings is 1. The maximum atomic E-state index is 13.9. The van der Waals surface area contributed by atoms with Gasteiger partial charge in [-0.2, -0.15) is 0 Å². The standard InChI is InChI=1S/C27H37BrN4O7/c1-3-38-18-6-4-17(5-7-18)30-24(34)20-21-26(36)32(16(2)15-33)23(27(21)14-19(28)22(20)39-27)25(35)29-8-9-31-10-12-37-13-11-31/h4-7,16,19-23,33H,3,8-15H2,1-2H3,(H,29,35)(H,30,34)/t16-,19?,20-,21+,22-,23?,27?/m1/s1. The third-order valence-electron chi connectivity index (χ3n) is 8.28. The number of likely N-dealkylation sites (tertiary alicyclic amines) is 1. The van der Waals surface area contributed by atoms with Gasteiger partial charge in [-0.05, 0) is 44.5 Å². The van der Waals surface area contributed by atoms with Gasteiger partial charge in [0.05, 0.1) is 50.4 Å². The van der Waals surface area contributed by atoms with Crippen molar-refractivity contribution < 1.29 is 33.7 Å². The highest BCUT2D eigenvalue weighted by Gasteiger charge is 2.76. The summed E-state index contributed by atoms with van der Waals surface area (Å²) in [5.41, 5.74) is -0.585. The fraction of sp³-hybridized carbons (Fsp3) is 0.667. The van der Waals surface area contributed by atoms with E-state index in [1.165, 1.54) is 4.90 Å². The molecule has 214 valence electrons. The number of anilines is 1. The zero-order valence-electron chi connectivity index (χ0n) is 22.3. The van der Waals surface area contributed by atoms with Gasteiger partial charge in [-0.25, -0.2) is 0 Å². The summed E-state index contributed by atoms with van der Waals surface area (Å²) in [5, 5.41) is 15.9. The molecule has 4 aliphatic rings. The van der Waals surface area contributed by atoms with E-state index in [2.05, 4.69) is 31.5 Å². The van der Waals surface area contributed by atoms with Crippen LogP contribution in [0.5, 0.6) is 5.75 Å². The van der Waals surface area contributed by atoms with Crippen LogP contribution in [0.3, 0.4) is 0 Å². The number of carbonyl (C=O) groups is 3. The molecule has 0 saturated carbocycles. The maximum absolute atomic E-state index is 13.9. The van der Waals surface area contributed by atoms with Crippen LogP contribution in [0, 0.1) is 11.8 Å². The lowest BCUT2D eigenvalue weighted by Crippen LogP contribution is -2.58. The van der Waals surface area contributed by atoms with Crippen molar-refractivity contribution in [3.05, 3.63) is 24.3 Å². The first-order valence-corrected chi connectivity index (χ1v) is 14.6. The fourth-order valence-electron chi connectivity index (χ4n) is 6.51. The lowest BCUT2D eigenvalue weighted by atomic mass is 9.70. The Morgan fingerprint density at radius 1 is 1.23 bits per heavy atom. The average molecular weight is 610 g/mol. The highest BCUT2D eigenvalue weighted by Crippen LogP contribution is 2.60. The molecule has 39 heavy (non-hydrogen) atoms. The second-order valence-corrected chi connectivity index (χ2v) is 11.8. The third-order valence-corrected chi connectivity index (χ3v) is 9.13. The summed E-state index contributed by atoms with van der Waals surface area (Å²) in [7, 11) is 0. The Hall–Kier alpha value is -2.25. The molecule has 2 bridgehead atoms. The molecule has 1 aromatic rings. The van der Waals surface area contributed by atoms with Crippen molar-refractivity contribution >= 4 is 39.3 Å². The molecular formula is C27H37BrN4O7. The molecule has 0 aliphatic carbocycles. The van der Waals surface area contributed by atoms with E-state index in [0.717, 1.165) is 13.1 Å². The summed E-state index contributed by atoms with van der Waals surface area (Å²) in [6, 6.07) is 5.48. The number of amides is 3. The second-order valence-electron chi connectivity index (χ2n) is 10.6. The summed E-state index contributed by atoms with van der Waals surface area (Å²) >= 11 is 3.67. The minimum atomic E-state index is -1.16. The fourth-order valence-corrected chi connectivity index (χ4v) is 7.46. The van der Waals surface area contributed by atoms with Crippen molar-refractivity contribution in [2.45, 2.75) is 48.9 Å². The molecule has 7 atom stereocenters. The smallest absolute Gasteiger partial charge is 0.245 e. The lowest BCUT2D eigenvalue weighted by Gasteiger charge is -2.36. The van der Waals surface area contributed by atoms with Crippen molar-refractivity contribution in [2.75, 3.05) is 57.9 Å². The highest BCUT2D eigenvalue weighted by molar-refractivity contribution is 9.09. The molecule has 11 nitrogen and oxygen atoms in total. The minimum Gasteiger partial charge on any atom is -0.494 e. The Morgan fingerprint density at radius 3 is 2.62 bits per heavy atom. The van der Waals surface area contributed by atoms with Crippen LogP contribution in [-0.4, -0.2) is 114 Å². The number of nitrogens with one attached hydrogen (secondary N) is 2. The van der Waals surface area contributed by atoms with Gasteiger partial charge in [-0.1, -0.05) is 15.9 Å². The van der Waals surface area contributed by atoms with Gasteiger partial charge < -0.3 is 34.9 Å². The van der Waals surface area contributed by atoms with E-state index in [9.17, 15) is 19.5 Å². The van der Waals surface area contributed by atoms with Crippen LogP contribution in [0.15, 0.2) is 24.3 Å². The molecule has 12 heteroatoms. The monoisotopic (exact) mass is 608 g/mol. The Bertz CT molecular complexity index is 1070. The van der Waals surface area contributed by atoms with Gasteiger partial charge in [0.2, 0.25) is 17.7 Å². The highest BCUT2D eigenvalue weighted by atomic mass is 79.9. The molecule has 3 amide bonds. The molecule has 1 spiro atoms. The lowest BCUT2D eigenvalue weighted by molar-refractivity contribution is -0.144. The van der Waals surface area contributed by atoms with E-state index in [4.69, 9.17) is 14.2 Å². The van der Waals surface area contributed by atoms with Crippen molar-refractivity contribution in [3.63, 3.8) is 0 Å². The summed E-state index contributed by atoms with van der Waals surface area (Å²) < 4.78 is 17.3. The van der Waals surface area contributed by atoms with Crippen LogP contribution in [0.1, 0.15) is 20.3 Å². The van der Waals surface area contributed by atoms with Crippen LogP contribution < -0.4 is 15.4 Å². The Balaban J connectivity index is 1.36. The zero-order valence-corrected chi connectivity index (χ0v) is 23.9. The predicted octanol–water partition coefficient (Wildman–Crippen LogP) is 0.601.